The van der Waals surface area contributed by atoms with Crippen LogP contribution in [0.4, 0.5) is 11.5 Å². The number of phenolic OH excluding ortho intramolecular Hbond substituents is 1. The predicted octanol–water partition coefficient (Wildman–Crippen LogP) is 3.29. The highest BCUT2D eigenvalue weighted by Crippen LogP contribution is 2.48. The van der Waals surface area contributed by atoms with Gasteiger partial charge in [-0.15, -0.1) is 0 Å². The molecule has 4 N–H and O–H groups in total. The van der Waals surface area contributed by atoms with Gasteiger partial charge in [0.25, 0.3) is 0 Å². The quantitative estimate of drug-likeness (QED) is 0.272. The number of rotatable bonds is 8. The molecule has 1 unspecified atom stereocenters. The molecule has 0 spiro atoms. The minimum atomic E-state index is -0.862. The van der Waals surface area contributed by atoms with Gasteiger partial charge in [0.2, 0.25) is 0 Å². The van der Waals surface area contributed by atoms with E-state index in [0.717, 1.165) is 18.5 Å². The summed E-state index contributed by atoms with van der Waals surface area (Å²) in [6.07, 6.45) is 3.78. The lowest BCUT2D eigenvalue weighted by Gasteiger charge is -2.32. The summed E-state index contributed by atoms with van der Waals surface area (Å²) in [5.41, 5.74) is 8.61. The molecule has 1 aliphatic carbocycles. The number of nitrogens with two attached hydrogens (primary N) is 1. The number of aromatic hydroxyl groups is 1. The number of benzene rings is 2. The second kappa shape index (κ2) is 8.35. The summed E-state index contributed by atoms with van der Waals surface area (Å²) in [5.74, 6) is 0.680. The molecule has 174 valence electrons. The second-order valence-electron chi connectivity index (χ2n) is 8.44. The van der Waals surface area contributed by atoms with Gasteiger partial charge in [-0.1, -0.05) is 24.8 Å². The van der Waals surface area contributed by atoms with Crippen molar-refractivity contribution in [2.45, 2.75) is 24.6 Å². The minimum absolute atomic E-state index is 0.00335. The number of phenols is 1. The molecule has 4 aromatic rings. The third kappa shape index (κ3) is 3.60. The maximum atomic E-state index is 10.7. The van der Waals surface area contributed by atoms with Crippen LogP contribution in [0.2, 0.25) is 0 Å². The molecule has 34 heavy (non-hydrogen) atoms. The van der Waals surface area contributed by atoms with Crippen molar-refractivity contribution in [3.63, 3.8) is 0 Å². The first kappa shape index (κ1) is 21.7. The van der Waals surface area contributed by atoms with Crippen molar-refractivity contribution in [3.05, 3.63) is 67.5 Å². The Hall–Kier alpha value is -4.11. The fraction of sp³-hybridized carbons (Fsp3) is 0.240. The van der Waals surface area contributed by atoms with E-state index in [-0.39, 0.29) is 5.75 Å². The van der Waals surface area contributed by atoms with Crippen molar-refractivity contribution < 1.29 is 14.9 Å². The van der Waals surface area contributed by atoms with Gasteiger partial charge < -0.3 is 25.6 Å². The third-order valence-electron chi connectivity index (χ3n) is 6.31. The summed E-state index contributed by atoms with van der Waals surface area (Å²) < 4.78 is 7.06. The van der Waals surface area contributed by atoms with Crippen molar-refractivity contribution in [1.29, 1.82) is 0 Å². The molecule has 0 amide bonds. The second-order valence-corrected chi connectivity index (χ2v) is 8.44. The Morgan fingerprint density at radius 1 is 1.24 bits per heavy atom. The van der Waals surface area contributed by atoms with Crippen LogP contribution >= 0.6 is 0 Å². The lowest BCUT2D eigenvalue weighted by molar-refractivity contribution is 0.207. The van der Waals surface area contributed by atoms with Crippen molar-refractivity contribution in [2.24, 2.45) is 0 Å². The van der Waals surface area contributed by atoms with Gasteiger partial charge in [0, 0.05) is 17.8 Å². The number of aliphatic hydroxyl groups is 1. The van der Waals surface area contributed by atoms with Crippen molar-refractivity contribution in [3.8, 4) is 22.8 Å². The van der Waals surface area contributed by atoms with Crippen LogP contribution in [0, 0.1) is 0 Å². The van der Waals surface area contributed by atoms with Crippen LogP contribution in [0.1, 0.15) is 12.8 Å². The van der Waals surface area contributed by atoms with Crippen LogP contribution in [-0.2, 0) is 5.54 Å². The zero-order valence-electron chi connectivity index (χ0n) is 18.8. The normalized spacial score (nSPS) is 15.1. The number of aliphatic hydroxyl groups excluding tert-OH is 1. The van der Waals surface area contributed by atoms with E-state index < -0.39 is 11.8 Å². The summed E-state index contributed by atoms with van der Waals surface area (Å²) in [6.45, 7) is 4.27. The smallest absolute Gasteiger partial charge is 0.164 e. The number of para-hydroxylation sites is 1. The Kier molecular flexibility index (Phi) is 5.33. The Bertz CT molecular complexity index is 1350. The molecule has 1 atom stereocenters. The van der Waals surface area contributed by atoms with Crippen LogP contribution in [0.5, 0.6) is 11.5 Å². The molecule has 5 rings (SSSR count). The molecule has 1 aliphatic rings. The van der Waals surface area contributed by atoms with E-state index in [0.29, 0.717) is 40.4 Å². The molecule has 2 aromatic carbocycles. The number of ether oxygens (including phenoxy) is 1. The highest BCUT2D eigenvalue weighted by molar-refractivity contribution is 5.98. The molecule has 2 heterocycles. The molecule has 0 saturated heterocycles. The van der Waals surface area contributed by atoms with Gasteiger partial charge in [0.05, 0.1) is 18.0 Å². The Morgan fingerprint density at radius 2 is 2.00 bits per heavy atom. The number of hydrogen-bond donors (Lipinski definition) is 3. The lowest BCUT2D eigenvalue weighted by Crippen LogP contribution is -2.42. The largest absolute Gasteiger partial charge is 0.504 e. The number of anilines is 2. The van der Waals surface area contributed by atoms with E-state index in [2.05, 4.69) is 16.5 Å². The molecule has 2 aromatic heterocycles. The Balaban J connectivity index is 1.62. The van der Waals surface area contributed by atoms with Crippen LogP contribution in [-0.4, -0.2) is 49.8 Å². The highest BCUT2D eigenvalue weighted by Gasteiger charge is 2.49. The zero-order valence-corrected chi connectivity index (χ0v) is 18.8. The van der Waals surface area contributed by atoms with Gasteiger partial charge >= 0.3 is 0 Å². The molecule has 0 aliphatic heterocycles. The van der Waals surface area contributed by atoms with E-state index in [9.17, 15) is 10.2 Å². The molecular formula is C25H26N6O3. The molecule has 1 fully saturated rings. The van der Waals surface area contributed by atoms with Gasteiger partial charge in [-0.2, -0.15) is 5.10 Å². The first-order chi connectivity index (χ1) is 16.5. The lowest BCUT2D eigenvalue weighted by atomic mass is 10.1. The van der Waals surface area contributed by atoms with Gasteiger partial charge in [0.15, 0.2) is 17.1 Å². The van der Waals surface area contributed by atoms with Gasteiger partial charge in [-0.3, -0.25) is 0 Å². The predicted molar refractivity (Wildman–Crippen MR) is 131 cm³/mol. The van der Waals surface area contributed by atoms with Crippen LogP contribution in [0.3, 0.4) is 0 Å². The summed E-state index contributed by atoms with van der Waals surface area (Å²) in [4.78, 5) is 10.6. The van der Waals surface area contributed by atoms with E-state index in [1.54, 1.807) is 12.1 Å². The average Bonchev–Trinajstić information content (AvgIpc) is 3.53. The SMILES string of the molecule is C=CC(O)N(CC1(n2nc(-c3ccc(OC)c(O)c3)c3c(N)ncnc32)CC1)c1ccccc1. The van der Waals surface area contributed by atoms with Crippen molar-refractivity contribution in [2.75, 3.05) is 24.3 Å². The van der Waals surface area contributed by atoms with Gasteiger partial charge in [-0.25, -0.2) is 14.6 Å². The van der Waals surface area contributed by atoms with Gasteiger partial charge in [-0.05, 0) is 49.2 Å². The van der Waals surface area contributed by atoms with E-state index >= 15 is 0 Å². The van der Waals surface area contributed by atoms with Gasteiger partial charge in [0.1, 0.15) is 24.1 Å². The van der Waals surface area contributed by atoms with Crippen LogP contribution < -0.4 is 15.4 Å². The fourth-order valence-electron chi connectivity index (χ4n) is 4.33. The molecule has 0 bridgehead atoms. The number of fused-ring (bicyclic) bond motifs is 1. The fourth-order valence-corrected chi connectivity index (χ4v) is 4.33. The summed E-state index contributed by atoms with van der Waals surface area (Å²) in [6, 6.07) is 14.8. The van der Waals surface area contributed by atoms with E-state index in [1.165, 1.54) is 19.5 Å². The molecule has 9 heteroatoms. The molecular weight excluding hydrogens is 432 g/mol. The van der Waals surface area contributed by atoms with E-state index in [1.807, 2.05) is 46.0 Å². The van der Waals surface area contributed by atoms with Crippen molar-refractivity contribution in [1.82, 2.24) is 19.7 Å². The number of hydrogen-bond acceptors (Lipinski definition) is 8. The van der Waals surface area contributed by atoms with Crippen LogP contribution in [0.25, 0.3) is 22.3 Å². The molecule has 9 nitrogen and oxygen atoms in total. The topological polar surface area (TPSA) is 123 Å². The Labute approximate surface area is 196 Å². The number of methoxy groups -OCH3 is 1. The first-order valence-electron chi connectivity index (χ1n) is 11.0. The zero-order chi connectivity index (χ0) is 23.9. The minimum Gasteiger partial charge on any atom is -0.504 e. The standard InChI is InChI=1S/C25H26N6O3/c1-3-20(33)30(17-7-5-4-6-8-17)14-25(11-12-25)31-24-21(23(26)27-15-28-24)22(29-31)16-9-10-19(34-2)18(32)13-16/h3-10,13,15,20,32-33H,1,11-12,14H2,2H3,(H2,26,27,28). The number of aromatic nitrogens is 4. The first-order valence-corrected chi connectivity index (χ1v) is 11.0. The Morgan fingerprint density at radius 3 is 2.65 bits per heavy atom. The summed E-state index contributed by atoms with van der Waals surface area (Å²) >= 11 is 0. The maximum absolute atomic E-state index is 10.7. The van der Waals surface area contributed by atoms with E-state index in [4.69, 9.17) is 15.6 Å². The highest BCUT2D eigenvalue weighted by atomic mass is 16.5. The summed E-state index contributed by atoms with van der Waals surface area (Å²) in [5, 5.41) is 26.6. The number of nitrogen functional groups attached to an aromatic ring is 1. The monoisotopic (exact) mass is 458 g/mol. The van der Waals surface area contributed by atoms with Crippen molar-refractivity contribution >= 4 is 22.5 Å². The maximum Gasteiger partial charge on any atom is 0.164 e. The summed E-state index contributed by atoms with van der Waals surface area (Å²) in [7, 11) is 1.50. The molecule has 1 saturated carbocycles. The molecule has 0 radical (unpaired) electrons. The number of nitrogens with zero attached hydrogens (tertiary/aromatic N) is 5. The third-order valence-corrected chi connectivity index (χ3v) is 6.31. The average molecular weight is 459 g/mol. The van der Waals surface area contributed by atoms with Crippen LogP contribution in [0.15, 0.2) is 67.5 Å².